The van der Waals surface area contributed by atoms with Gasteiger partial charge < -0.3 is 5.11 Å². The van der Waals surface area contributed by atoms with E-state index in [1.54, 1.807) is 6.92 Å². The fourth-order valence-electron chi connectivity index (χ4n) is 3.97. The lowest BCUT2D eigenvalue weighted by atomic mass is 9.70. The lowest BCUT2D eigenvalue weighted by Crippen LogP contribution is -2.66. The molecule has 5 unspecified atom stereocenters. The van der Waals surface area contributed by atoms with Crippen LogP contribution in [-0.4, -0.2) is 27.0 Å². The zero-order chi connectivity index (χ0) is 19.7. The van der Waals surface area contributed by atoms with Gasteiger partial charge in [-0.3, -0.25) is 9.63 Å². The first kappa shape index (κ1) is 21.1. The summed E-state index contributed by atoms with van der Waals surface area (Å²) in [5.41, 5.74) is 1.33. The summed E-state index contributed by atoms with van der Waals surface area (Å²) in [5, 5.41) is 11.8. The van der Waals surface area contributed by atoms with Gasteiger partial charge in [-0.2, -0.15) is 5.06 Å². The topological polar surface area (TPSA) is 49.8 Å². The Kier molecular flexibility index (Phi) is 6.32. The van der Waals surface area contributed by atoms with E-state index in [1.807, 2.05) is 38.1 Å². The molecule has 0 aromatic heterocycles. The molecule has 1 aromatic carbocycles. The van der Waals surface area contributed by atoms with Gasteiger partial charge in [-0.25, -0.2) is 0 Å². The molecule has 0 aliphatic carbocycles. The Morgan fingerprint density at radius 2 is 1.69 bits per heavy atom. The second kappa shape index (κ2) is 7.79. The number of nitrogens with zero attached hydrogens (tertiary/aromatic N) is 1. The van der Waals surface area contributed by atoms with Crippen molar-refractivity contribution >= 4 is 5.78 Å². The number of hydrogen-bond acceptors (Lipinski definition) is 4. The van der Waals surface area contributed by atoms with Gasteiger partial charge in [0, 0.05) is 12.3 Å². The summed E-state index contributed by atoms with van der Waals surface area (Å²) < 4.78 is 0. The van der Waals surface area contributed by atoms with Crippen molar-refractivity contribution in [1.82, 2.24) is 5.06 Å². The Labute approximate surface area is 158 Å². The minimum absolute atomic E-state index is 0.0584. The normalized spacial score (nSPS) is 32.5. The first-order chi connectivity index (χ1) is 12.1. The molecule has 1 aromatic rings. The maximum Gasteiger partial charge on any atom is 0.139 e. The number of benzene rings is 1. The maximum atomic E-state index is 12.6. The number of piperidine rings is 1. The summed E-state index contributed by atoms with van der Waals surface area (Å²) in [7, 11) is 0. The molecule has 0 bridgehead atoms. The number of hydroxylamine groups is 2. The smallest absolute Gasteiger partial charge is 0.139 e. The fourth-order valence-corrected chi connectivity index (χ4v) is 3.97. The Hall–Kier alpha value is -1.23. The van der Waals surface area contributed by atoms with Gasteiger partial charge in [-0.05, 0) is 51.7 Å². The lowest BCUT2D eigenvalue weighted by molar-refractivity contribution is -0.315. The summed E-state index contributed by atoms with van der Waals surface area (Å²) in [6.07, 6.45) is 1.63. The SMILES string of the molecule is CCC1(C)CC(=O)C(C)C(C)(CC)N1OC(C)c1ccc(C(C)O)cc1. The van der Waals surface area contributed by atoms with E-state index in [1.165, 1.54) is 0 Å². The lowest BCUT2D eigenvalue weighted by Gasteiger charge is -2.56. The van der Waals surface area contributed by atoms with E-state index >= 15 is 0 Å². The average Bonchev–Trinajstić information content (AvgIpc) is 2.63. The Morgan fingerprint density at radius 1 is 1.15 bits per heavy atom. The second-order valence-corrected chi connectivity index (χ2v) is 8.31. The first-order valence-corrected chi connectivity index (χ1v) is 9.86. The van der Waals surface area contributed by atoms with E-state index in [0.29, 0.717) is 12.2 Å². The molecule has 2 rings (SSSR count). The summed E-state index contributed by atoms with van der Waals surface area (Å²) >= 11 is 0. The highest BCUT2D eigenvalue weighted by atomic mass is 16.7. The van der Waals surface area contributed by atoms with Crippen LogP contribution in [0.2, 0.25) is 0 Å². The third kappa shape index (κ3) is 3.73. The highest BCUT2D eigenvalue weighted by Crippen LogP contribution is 2.45. The number of ketones is 1. The number of rotatable bonds is 6. The van der Waals surface area contributed by atoms with Crippen LogP contribution in [-0.2, 0) is 9.63 Å². The minimum Gasteiger partial charge on any atom is -0.389 e. The zero-order valence-electron chi connectivity index (χ0n) is 17.4. The van der Waals surface area contributed by atoms with Crippen molar-refractivity contribution in [2.75, 3.05) is 0 Å². The monoisotopic (exact) mass is 361 g/mol. The molecule has 4 heteroatoms. The van der Waals surface area contributed by atoms with Crippen molar-refractivity contribution in [2.24, 2.45) is 5.92 Å². The van der Waals surface area contributed by atoms with Crippen LogP contribution in [0.1, 0.15) is 91.1 Å². The second-order valence-electron chi connectivity index (χ2n) is 8.31. The highest BCUT2D eigenvalue weighted by molar-refractivity contribution is 5.84. The van der Waals surface area contributed by atoms with Gasteiger partial charge in [0.15, 0.2) is 0 Å². The average molecular weight is 362 g/mol. The molecular formula is C22H35NO3. The van der Waals surface area contributed by atoms with Gasteiger partial charge >= 0.3 is 0 Å². The van der Waals surface area contributed by atoms with Crippen LogP contribution in [0.5, 0.6) is 0 Å². The molecule has 0 spiro atoms. The number of aliphatic hydroxyl groups is 1. The predicted molar refractivity (Wildman–Crippen MR) is 105 cm³/mol. The van der Waals surface area contributed by atoms with Gasteiger partial charge in [0.1, 0.15) is 11.9 Å². The first-order valence-electron chi connectivity index (χ1n) is 9.86. The molecule has 0 saturated carbocycles. The predicted octanol–water partition coefficient (Wildman–Crippen LogP) is 4.98. The quantitative estimate of drug-likeness (QED) is 0.776. The van der Waals surface area contributed by atoms with Crippen LogP contribution in [0.3, 0.4) is 0 Å². The highest BCUT2D eigenvalue weighted by Gasteiger charge is 2.54. The summed E-state index contributed by atoms with van der Waals surface area (Å²) in [4.78, 5) is 19.2. The number of carbonyl (C=O) groups excluding carboxylic acids is 1. The van der Waals surface area contributed by atoms with Crippen LogP contribution in [0.4, 0.5) is 0 Å². The molecule has 5 atom stereocenters. The van der Waals surface area contributed by atoms with Crippen LogP contribution < -0.4 is 0 Å². The number of Topliss-reactive ketones (excluding diaryl/α,β-unsaturated/α-hetero) is 1. The number of aliphatic hydroxyl groups excluding tert-OH is 1. The van der Waals surface area contributed by atoms with Gasteiger partial charge in [0.25, 0.3) is 0 Å². The van der Waals surface area contributed by atoms with E-state index in [-0.39, 0.29) is 23.1 Å². The summed E-state index contributed by atoms with van der Waals surface area (Å²) in [6, 6.07) is 7.91. The van der Waals surface area contributed by atoms with Crippen LogP contribution in [0.15, 0.2) is 24.3 Å². The molecule has 1 fully saturated rings. The number of hydrogen-bond donors (Lipinski definition) is 1. The molecule has 26 heavy (non-hydrogen) atoms. The van der Waals surface area contributed by atoms with Gasteiger partial charge in [-0.15, -0.1) is 0 Å². The third-order valence-corrected chi connectivity index (χ3v) is 6.55. The van der Waals surface area contributed by atoms with Gasteiger partial charge in [0.05, 0.1) is 17.2 Å². The molecule has 1 N–H and O–H groups in total. The van der Waals surface area contributed by atoms with Gasteiger partial charge in [-0.1, -0.05) is 45.0 Å². The minimum atomic E-state index is -0.471. The largest absolute Gasteiger partial charge is 0.389 e. The molecule has 1 aliphatic rings. The van der Waals surface area contributed by atoms with Crippen LogP contribution >= 0.6 is 0 Å². The molecule has 1 saturated heterocycles. The zero-order valence-corrected chi connectivity index (χ0v) is 17.4. The fraction of sp³-hybridized carbons (Fsp3) is 0.682. The maximum absolute atomic E-state index is 12.6. The van der Waals surface area contributed by atoms with Crippen molar-refractivity contribution in [3.63, 3.8) is 0 Å². The summed E-state index contributed by atoms with van der Waals surface area (Å²) in [6.45, 7) is 14.4. The van der Waals surface area contributed by atoms with E-state index in [4.69, 9.17) is 4.84 Å². The Balaban J connectivity index is 2.31. The molecule has 4 nitrogen and oxygen atoms in total. The van der Waals surface area contributed by atoms with E-state index in [2.05, 4.69) is 32.8 Å². The van der Waals surface area contributed by atoms with Crippen molar-refractivity contribution < 1.29 is 14.7 Å². The summed E-state index contributed by atoms with van der Waals surface area (Å²) in [5.74, 6) is 0.268. The van der Waals surface area contributed by atoms with Gasteiger partial charge in [0.2, 0.25) is 0 Å². The van der Waals surface area contributed by atoms with E-state index < -0.39 is 6.10 Å². The molecule has 1 heterocycles. The van der Waals surface area contributed by atoms with Crippen molar-refractivity contribution in [3.05, 3.63) is 35.4 Å². The molecule has 146 valence electrons. The molecular weight excluding hydrogens is 326 g/mol. The molecule has 0 radical (unpaired) electrons. The standard InChI is InChI=1S/C22H35NO3/c1-8-21(6)14-20(25)15(3)22(7,9-2)23(21)26-17(5)19-12-10-18(11-13-19)16(4)24/h10-13,15-17,24H,8-9,14H2,1-7H3. The van der Waals surface area contributed by atoms with Crippen LogP contribution in [0, 0.1) is 5.92 Å². The third-order valence-electron chi connectivity index (χ3n) is 6.55. The van der Waals surface area contributed by atoms with E-state index in [0.717, 1.165) is 24.0 Å². The van der Waals surface area contributed by atoms with Crippen molar-refractivity contribution in [2.45, 2.75) is 91.0 Å². The molecule has 0 amide bonds. The Morgan fingerprint density at radius 3 is 2.15 bits per heavy atom. The number of carbonyl (C=O) groups is 1. The van der Waals surface area contributed by atoms with Crippen LogP contribution in [0.25, 0.3) is 0 Å². The Bertz CT molecular complexity index is 627. The molecule has 1 aliphatic heterocycles. The van der Waals surface area contributed by atoms with E-state index in [9.17, 15) is 9.90 Å². The van der Waals surface area contributed by atoms with Crippen molar-refractivity contribution in [1.29, 1.82) is 0 Å². The van der Waals surface area contributed by atoms with Crippen molar-refractivity contribution in [3.8, 4) is 0 Å².